The highest BCUT2D eigenvalue weighted by atomic mass is 15.1. The third-order valence-electron chi connectivity index (χ3n) is 3.22. The van der Waals surface area contributed by atoms with Crippen LogP contribution >= 0.6 is 0 Å². The molecule has 4 heteroatoms. The topological polar surface area (TPSA) is 49.8 Å². The first-order valence-electron chi connectivity index (χ1n) is 7.59. The second-order valence-electron chi connectivity index (χ2n) is 5.40. The van der Waals surface area contributed by atoms with Gasteiger partial charge in [0.2, 0.25) is 5.95 Å². The molecule has 0 saturated heterocycles. The number of nitrogens with one attached hydrogen (secondary N) is 2. The zero-order valence-corrected chi connectivity index (χ0v) is 13.1. The zero-order valence-electron chi connectivity index (χ0n) is 13.1. The third kappa shape index (κ3) is 5.06. The van der Waals surface area contributed by atoms with Crippen LogP contribution in [0.15, 0.2) is 30.5 Å². The lowest BCUT2D eigenvalue weighted by Gasteiger charge is -2.09. The first kappa shape index (κ1) is 15.3. The fraction of sp³-hybridized carbons (Fsp3) is 0.412. The van der Waals surface area contributed by atoms with Crippen LogP contribution in [-0.4, -0.2) is 16.5 Å². The molecular weight excluding hydrogens is 260 g/mol. The molecule has 2 N–H and O–H groups in total. The number of hydrogen-bond donors (Lipinski definition) is 2. The Morgan fingerprint density at radius 2 is 1.81 bits per heavy atom. The molecule has 0 fully saturated rings. The Morgan fingerprint density at radius 1 is 1.05 bits per heavy atom. The van der Waals surface area contributed by atoms with E-state index >= 15 is 0 Å². The summed E-state index contributed by atoms with van der Waals surface area (Å²) in [4.78, 5) is 8.77. The van der Waals surface area contributed by atoms with Crippen LogP contribution in [0.25, 0.3) is 0 Å². The van der Waals surface area contributed by atoms with Crippen LogP contribution in [0.4, 0.5) is 17.5 Å². The summed E-state index contributed by atoms with van der Waals surface area (Å²) in [6.45, 7) is 7.33. The van der Waals surface area contributed by atoms with Crippen LogP contribution < -0.4 is 10.6 Å². The van der Waals surface area contributed by atoms with Crippen molar-refractivity contribution in [2.75, 3.05) is 17.2 Å². The number of benzene rings is 1. The predicted octanol–water partition coefficient (Wildman–Crippen LogP) is 4.44. The second-order valence-corrected chi connectivity index (χ2v) is 5.40. The quantitative estimate of drug-likeness (QED) is 0.738. The molecule has 0 amide bonds. The SMILES string of the molecule is CCCCCNc1ccnc(Nc2cc(C)cc(C)c2)n1. The lowest BCUT2D eigenvalue weighted by molar-refractivity contribution is 0.742. The van der Waals surface area contributed by atoms with Crippen LogP contribution in [-0.2, 0) is 0 Å². The molecule has 1 aromatic heterocycles. The molecule has 0 aliphatic rings. The van der Waals surface area contributed by atoms with Gasteiger partial charge in [0, 0.05) is 18.4 Å². The van der Waals surface area contributed by atoms with Gasteiger partial charge in [0.25, 0.3) is 0 Å². The summed E-state index contributed by atoms with van der Waals surface area (Å²) in [5, 5.41) is 6.60. The van der Waals surface area contributed by atoms with E-state index in [4.69, 9.17) is 0 Å². The van der Waals surface area contributed by atoms with E-state index in [0.29, 0.717) is 5.95 Å². The number of aromatic nitrogens is 2. The summed E-state index contributed by atoms with van der Waals surface area (Å²) in [5.41, 5.74) is 3.48. The summed E-state index contributed by atoms with van der Waals surface area (Å²) in [5.74, 6) is 1.49. The molecule has 4 nitrogen and oxygen atoms in total. The van der Waals surface area contributed by atoms with Crippen LogP contribution in [0.2, 0.25) is 0 Å². The first-order valence-corrected chi connectivity index (χ1v) is 7.59. The van der Waals surface area contributed by atoms with Gasteiger partial charge in [-0.15, -0.1) is 0 Å². The van der Waals surface area contributed by atoms with Crippen molar-refractivity contribution in [3.63, 3.8) is 0 Å². The molecule has 0 unspecified atom stereocenters. The number of aryl methyl sites for hydroxylation is 2. The van der Waals surface area contributed by atoms with Crippen LogP contribution in [0.3, 0.4) is 0 Å². The molecule has 0 saturated carbocycles. The van der Waals surface area contributed by atoms with E-state index < -0.39 is 0 Å². The van der Waals surface area contributed by atoms with Gasteiger partial charge in [0.05, 0.1) is 0 Å². The van der Waals surface area contributed by atoms with E-state index in [2.05, 4.69) is 59.6 Å². The Bertz CT molecular complexity index is 561. The van der Waals surface area contributed by atoms with Gasteiger partial charge in [0.15, 0.2) is 0 Å². The summed E-state index contributed by atoms with van der Waals surface area (Å²) < 4.78 is 0. The van der Waals surface area contributed by atoms with E-state index in [1.165, 1.54) is 30.4 Å². The second kappa shape index (κ2) is 7.62. The molecule has 0 aliphatic heterocycles. The molecule has 0 atom stereocenters. The highest BCUT2D eigenvalue weighted by molar-refractivity contribution is 5.57. The van der Waals surface area contributed by atoms with Gasteiger partial charge in [-0.1, -0.05) is 25.8 Å². The van der Waals surface area contributed by atoms with Crippen molar-refractivity contribution in [2.45, 2.75) is 40.0 Å². The van der Waals surface area contributed by atoms with Gasteiger partial charge < -0.3 is 10.6 Å². The molecule has 112 valence electrons. The van der Waals surface area contributed by atoms with Gasteiger partial charge in [-0.05, 0) is 49.6 Å². The average Bonchev–Trinajstić information content (AvgIpc) is 2.43. The molecule has 1 aromatic carbocycles. The van der Waals surface area contributed by atoms with Crippen LogP contribution in [0.5, 0.6) is 0 Å². The van der Waals surface area contributed by atoms with E-state index in [-0.39, 0.29) is 0 Å². The minimum atomic E-state index is 0.625. The number of hydrogen-bond acceptors (Lipinski definition) is 4. The fourth-order valence-corrected chi connectivity index (χ4v) is 2.28. The summed E-state index contributed by atoms with van der Waals surface area (Å²) in [6, 6.07) is 8.24. The van der Waals surface area contributed by atoms with Gasteiger partial charge in [-0.2, -0.15) is 4.98 Å². The van der Waals surface area contributed by atoms with Crippen molar-refractivity contribution >= 4 is 17.5 Å². The Labute approximate surface area is 127 Å². The summed E-state index contributed by atoms with van der Waals surface area (Å²) in [6.07, 6.45) is 5.41. The minimum absolute atomic E-state index is 0.625. The molecule has 1 heterocycles. The number of nitrogens with zero attached hydrogens (tertiary/aromatic N) is 2. The van der Waals surface area contributed by atoms with Crippen molar-refractivity contribution in [3.05, 3.63) is 41.6 Å². The fourth-order valence-electron chi connectivity index (χ4n) is 2.28. The normalized spacial score (nSPS) is 10.4. The maximum atomic E-state index is 4.49. The Hall–Kier alpha value is -2.10. The highest BCUT2D eigenvalue weighted by Gasteiger charge is 2.01. The van der Waals surface area contributed by atoms with Crippen molar-refractivity contribution in [3.8, 4) is 0 Å². The number of unbranched alkanes of at least 4 members (excludes halogenated alkanes) is 2. The van der Waals surface area contributed by atoms with Crippen molar-refractivity contribution < 1.29 is 0 Å². The zero-order chi connectivity index (χ0) is 15.1. The summed E-state index contributed by atoms with van der Waals surface area (Å²) in [7, 11) is 0. The van der Waals surface area contributed by atoms with E-state index in [1.807, 2.05) is 6.07 Å². The maximum Gasteiger partial charge on any atom is 0.229 e. The Balaban J connectivity index is 2.00. The smallest absolute Gasteiger partial charge is 0.229 e. The van der Waals surface area contributed by atoms with E-state index in [1.54, 1.807) is 6.20 Å². The molecule has 2 aromatic rings. The molecule has 0 spiro atoms. The third-order valence-corrected chi connectivity index (χ3v) is 3.22. The lowest BCUT2D eigenvalue weighted by Crippen LogP contribution is -2.05. The maximum absolute atomic E-state index is 4.49. The minimum Gasteiger partial charge on any atom is -0.370 e. The van der Waals surface area contributed by atoms with Crippen LogP contribution in [0, 0.1) is 13.8 Å². The summed E-state index contributed by atoms with van der Waals surface area (Å²) >= 11 is 0. The van der Waals surface area contributed by atoms with Gasteiger partial charge in [0.1, 0.15) is 5.82 Å². The number of rotatable bonds is 7. The first-order chi connectivity index (χ1) is 10.2. The van der Waals surface area contributed by atoms with E-state index in [0.717, 1.165) is 18.1 Å². The lowest BCUT2D eigenvalue weighted by atomic mass is 10.1. The molecule has 21 heavy (non-hydrogen) atoms. The monoisotopic (exact) mass is 284 g/mol. The molecule has 2 rings (SSSR count). The number of anilines is 3. The molecule has 0 radical (unpaired) electrons. The highest BCUT2D eigenvalue weighted by Crippen LogP contribution is 2.17. The van der Waals surface area contributed by atoms with Gasteiger partial charge >= 0.3 is 0 Å². The van der Waals surface area contributed by atoms with Gasteiger partial charge in [-0.3, -0.25) is 0 Å². The molecule has 0 bridgehead atoms. The largest absolute Gasteiger partial charge is 0.370 e. The van der Waals surface area contributed by atoms with Crippen molar-refractivity contribution in [1.82, 2.24) is 9.97 Å². The van der Waals surface area contributed by atoms with Crippen LogP contribution in [0.1, 0.15) is 37.3 Å². The predicted molar refractivity (Wildman–Crippen MR) is 89.2 cm³/mol. The molecule has 0 aliphatic carbocycles. The molecular formula is C17H24N4. The average molecular weight is 284 g/mol. The van der Waals surface area contributed by atoms with E-state index in [9.17, 15) is 0 Å². The van der Waals surface area contributed by atoms with Crippen molar-refractivity contribution in [2.24, 2.45) is 0 Å². The van der Waals surface area contributed by atoms with Gasteiger partial charge in [-0.25, -0.2) is 4.98 Å². The van der Waals surface area contributed by atoms with Crippen molar-refractivity contribution in [1.29, 1.82) is 0 Å². The Morgan fingerprint density at radius 3 is 2.52 bits per heavy atom. The standard InChI is InChI=1S/C17H24N4/c1-4-5-6-8-18-16-7-9-19-17(21-16)20-15-11-13(2)10-14(3)12-15/h7,9-12H,4-6,8H2,1-3H3,(H2,18,19,20,21). The Kier molecular flexibility index (Phi) is 5.55.